The number of ether oxygens (including phenoxy) is 1. The summed E-state index contributed by atoms with van der Waals surface area (Å²) >= 11 is 0. The van der Waals surface area contributed by atoms with E-state index in [1.807, 2.05) is 25.1 Å². The minimum absolute atomic E-state index is 0.679. The van der Waals surface area contributed by atoms with Gasteiger partial charge in [-0.15, -0.1) is 6.42 Å². The Morgan fingerprint density at radius 1 is 1.58 bits per heavy atom. The smallest absolute Gasteiger partial charge is 0.142 e. The zero-order valence-corrected chi connectivity index (χ0v) is 7.00. The van der Waals surface area contributed by atoms with E-state index in [1.54, 1.807) is 0 Å². The minimum Gasteiger partial charge on any atom is -0.464 e. The number of rotatable bonds is 2. The maximum absolute atomic E-state index is 5.29. The van der Waals surface area contributed by atoms with E-state index in [1.165, 1.54) is 6.26 Å². The molecule has 0 spiro atoms. The molecular weight excluding hydrogens is 148 g/mol. The Morgan fingerprint density at radius 3 is 2.92 bits per heavy atom. The van der Waals surface area contributed by atoms with Crippen molar-refractivity contribution in [2.24, 2.45) is 0 Å². The highest BCUT2D eigenvalue weighted by atomic mass is 16.5. The fourth-order valence-corrected chi connectivity index (χ4v) is 0.949. The third kappa shape index (κ3) is 1.67. The molecule has 0 aliphatic carbocycles. The van der Waals surface area contributed by atoms with Crippen LogP contribution in [0, 0.1) is 19.3 Å². The summed E-state index contributed by atoms with van der Waals surface area (Å²) in [5.74, 6) is 3.23. The van der Waals surface area contributed by atoms with Crippen molar-refractivity contribution in [3.63, 3.8) is 0 Å². The van der Waals surface area contributed by atoms with E-state index in [2.05, 4.69) is 12.5 Å². The number of terminal acetylenes is 1. The molecule has 0 aliphatic heterocycles. The van der Waals surface area contributed by atoms with Gasteiger partial charge in [0.25, 0.3) is 0 Å². The van der Waals surface area contributed by atoms with Gasteiger partial charge in [0, 0.05) is 0 Å². The summed E-state index contributed by atoms with van der Waals surface area (Å²) in [4.78, 5) is 0. The molecule has 1 heteroatoms. The largest absolute Gasteiger partial charge is 0.464 e. The van der Waals surface area contributed by atoms with Crippen LogP contribution in [0.25, 0.3) is 0 Å². The molecule has 0 fully saturated rings. The van der Waals surface area contributed by atoms with Gasteiger partial charge in [-0.1, -0.05) is 18.6 Å². The van der Waals surface area contributed by atoms with Crippen LogP contribution in [0.4, 0.5) is 0 Å². The summed E-state index contributed by atoms with van der Waals surface area (Å²) in [5.41, 5.74) is 1.88. The lowest BCUT2D eigenvalue weighted by Crippen LogP contribution is -1.86. The summed E-state index contributed by atoms with van der Waals surface area (Å²) in [7, 11) is 0. The van der Waals surface area contributed by atoms with Gasteiger partial charge >= 0.3 is 0 Å². The Balaban J connectivity index is 3.12. The van der Waals surface area contributed by atoms with Crippen LogP contribution in [-0.2, 0) is 0 Å². The van der Waals surface area contributed by atoms with E-state index in [-0.39, 0.29) is 0 Å². The molecule has 0 radical (unpaired) electrons. The van der Waals surface area contributed by atoms with Crippen LogP contribution >= 0.6 is 0 Å². The molecule has 12 heavy (non-hydrogen) atoms. The number of aryl methyl sites for hydroxylation is 1. The molecule has 0 saturated heterocycles. The maximum atomic E-state index is 5.29. The molecule has 1 aromatic carbocycles. The van der Waals surface area contributed by atoms with Gasteiger partial charge in [0.2, 0.25) is 0 Å². The molecule has 0 aliphatic rings. The van der Waals surface area contributed by atoms with E-state index in [0.29, 0.717) is 5.75 Å². The molecule has 0 saturated carbocycles. The highest BCUT2D eigenvalue weighted by Gasteiger charge is 1.98. The molecule has 0 aromatic heterocycles. The monoisotopic (exact) mass is 158 g/mol. The Hall–Kier alpha value is -1.68. The van der Waals surface area contributed by atoms with Crippen molar-refractivity contribution >= 4 is 0 Å². The van der Waals surface area contributed by atoms with Crippen LogP contribution in [-0.4, -0.2) is 0 Å². The molecule has 0 atom stereocenters. The lowest BCUT2D eigenvalue weighted by molar-refractivity contribution is 0.482. The molecular formula is C11H10O. The van der Waals surface area contributed by atoms with Gasteiger partial charge in [-0.05, 0) is 24.6 Å². The van der Waals surface area contributed by atoms with Gasteiger partial charge in [0.1, 0.15) is 5.75 Å². The summed E-state index contributed by atoms with van der Waals surface area (Å²) in [6, 6.07) is 5.69. The van der Waals surface area contributed by atoms with E-state index in [0.717, 1.165) is 11.1 Å². The average molecular weight is 158 g/mol. The second kappa shape index (κ2) is 3.64. The summed E-state index contributed by atoms with van der Waals surface area (Å²) in [6.45, 7) is 5.45. The second-order valence-corrected chi connectivity index (χ2v) is 2.43. The molecule has 1 nitrogen and oxygen atoms in total. The van der Waals surface area contributed by atoms with Crippen molar-refractivity contribution in [1.29, 1.82) is 0 Å². The molecule has 0 N–H and O–H groups in total. The van der Waals surface area contributed by atoms with Crippen LogP contribution < -0.4 is 4.74 Å². The fourth-order valence-electron chi connectivity index (χ4n) is 0.949. The first kappa shape index (κ1) is 8.42. The van der Waals surface area contributed by atoms with Crippen molar-refractivity contribution in [3.05, 3.63) is 42.2 Å². The van der Waals surface area contributed by atoms with E-state index >= 15 is 0 Å². The van der Waals surface area contributed by atoms with E-state index in [9.17, 15) is 0 Å². The molecule has 1 rings (SSSR count). The predicted octanol–water partition coefficient (Wildman–Crippen LogP) is 2.50. The SMILES string of the molecule is C#Cc1cc(C)ccc1OC=C. The van der Waals surface area contributed by atoms with Gasteiger partial charge in [0.15, 0.2) is 0 Å². The van der Waals surface area contributed by atoms with Gasteiger partial charge in [0.05, 0.1) is 11.8 Å². The molecule has 0 unspecified atom stereocenters. The van der Waals surface area contributed by atoms with Crippen molar-refractivity contribution in [2.75, 3.05) is 0 Å². The van der Waals surface area contributed by atoms with Crippen molar-refractivity contribution < 1.29 is 4.74 Å². The van der Waals surface area contributed by atoms with E-state index in [4.69, 9.17) is 11.2 Å². The Kier molecular flexibility index (Phi) is 2.55. The van der Waals surface area contributed by atoms with Gasteiger partial charge in [-0.3, -0.25) is 0 Å². The standard InChI is InChI=1S/C11H10O/c1-4-10-8-9(3)6-7-11(10)12-5-2/h1,5-8H,2H2,3H3. The van der Waals surface area contributed by atoms with Crippen LogP contribution in [0.15, 0.2) is 31.0 Å². The van der Waals surface area contributed by atoms with Gasteiger partial charge in [-0.25, -0.2) is 0 Å². The topological polar surface area (TPSA) is 9.23 Å². The zero-order valence-electron chi connectivity index (χ0n) is 7.00. The quantitative estimate of drug-likeness (QED) is 0.474. The normalized spacial score (nSPS) is 8.67. The average Bonchev–Trinajstić information content (AvgIpc) is 2.08. The lowest BCUT2D eigenvalue weighted by atomic mass is 10.1. The van der Waals surface area contributed by atoms with Crippen LogP contribution in [0.5, 0.6) is 5.75 Å². The van der Waals surface area contributed by atoms with Crippen LogP contribution in [0.2, 0.25) is 0 Å². The van der Waals surface area contributed by atoms with Gasteiger partial charge in [-0.2, -0.15) is 0 Å². The maximum Gasteiger partial charge on any atom is 0.142 e. The third-order valence-electron chi connectivity index (χ3n) is 1.50. The Bertz CT molecular complexity index is 331. The summed E-state index contributed by atoms with van der Waals surface area (Å²) in [5, 5.41) is 0. The minimum atomic E-state index is 0.679. The lowest BCUT2D eigenvalue weighted by Gasteiger charge is -2.03. The van der Waals surface area contributed by atoms with Crippen molar-refractivity contribution in [3.8, 4) is 18.1 Å². The Morgan fingerprint density at radius 2 is 2.33 bits per heavy atom. The predicted molar refractivity (Wildman–Crippen MR) is 49.9 cm³/mol. The molecule has 0 bridgehead atoms. The van der Waals surface area contributed by atoms with Crippen molar-refractivity contribution in [2.45, 2.75) is 6.92 Å². The highest BCUT2D eigenvalue weighted by Crippen LogP contribution is 2.18. The Labute approximate surface area is 72.7 Å². The fraction of sp³-hybridized carbons (Fsp3) is 0.0909. The molecule has 1 aromatic rings. The second-order valence-electron chi connectivity index (χ2n) is 2.43. The summed E-state index contributed by atoms with van der Waals surface area (Å²) in [6.07, 6.45) is 6.65. The summed E-state index contributed by atoms with van der Waals surface area (Å²) < 4.78 is 5.10. The first-order valence-electron chi connectivity index (χ1n) is 3.62. The third-order valence-corrected chi connectivity index (χ3v) is 1.50. The first-order chi connectivity index (χ1) is 5.77. The van der Waals surface area contributed by atoms with Crippen LogP contribution in [0.1, 0.15) is 11.1 Å². The number of hydrogen-bond acceptors (Lipinski definition) is 1. The number of benzene rings is 1. The van der Waals surface area contributed by atoms with Crippen LogP contribution in [0.3, 0.4) is 0 Å². The highest BCUT2D eigenvalue weighted by molar-refractivity contribution is 5.47. The molecule has 0 amide bonds. The van der Waals surface area contributed by atoms with Gasteiger partial charge < -0.3 is 4.74 Å². The van der Waals surface area contributed by atoms with E-state index < -0.39 is 0 Å². The molecule has 60 valence electrons. The number of hydrogen-bond donors (Lipinski definition) is 0. The first-order valence-corrected chi connectivity index (χ1v) is 3.62. The van der Waals surface area contributed by atoms with Crippen molar-refractivity contribution in [1.82, 2.24) is 0 Å². The molecule has 0 heterocycles. The zero-order chi connectivity index (χ0) is 8.97.